The van der Waals surface area contributed by atoms with Crippen LogP contribution in [-0.2, 0) is 0 Å². The summed E-state index contributed by atoms with van der Waals surface area (Å²) < 4.78 is 0. The molecule has 1 heterocycles. The Balaban J connectivity index is 2.91. The lowest BCUT2D eigenvalue weighted by Crippen LogP contribution is -2.18. The Kier molecular flexibility index (Phi) is 4.38. The maximum atomic E-state index is 8.80. The van der Waals surface area contributed by atoms with E-state index in [1.54, 1.807) is 12.3 Å². The van der Waals surface area contributed by atoms with Gasteiger partial charge in [-0.05, 0) is 18.9 Å². The Morgan fingerprint density at radius 1 is 1.53 bits per heavy atom. The number of halogens is 1. The minimum atomic E-state index is 0.351. The average molecular weight is 224 g/mol. The molecule has 0 saturated heterocycles. The maximum Gasteiger partial charge on any atom is 0.146 e. The SMILES string of the molecule is CCC(CC)Nc1nccc(C#N)c1Cl. The fourth-order valence-electron chi connectivity index (χ4n) is 1.32. The number of rotatable bonds is 4. The van der Waals surface area contributed by atoms with Crippen molar-refractivity contribution in [1.29, 1.82) is 5.26 Å². The Labute approximate surface area is 95.1 Å². The van der Waals surface area contributed by atoms with Gasteiger partial charge in [0.15, 0.2) is 0 Å². The van der Waals surface area contributed by atoms with E-state index in [9.17, 15) is 0 Å². The van der Waals surface area contributed by atoms with E-state index >= 15 is 0 Å². The van der Waals surface area contributed by atoms with Gasteiger partial charge in [0.1, 0.15) is 16.9 Å². The Bertz CT molecular complexity index is 367. The number of pyridine rings is 1. The first-order chi connectivity index (χ1) is 7.22. The molecule has 3 nitrogen and oxygen atoms in total. The summed E-state index contributed by atoms with van der Waals surface area (Å²) in [5.74, 6) is 0.601. The zero-order chi connectivity index (χ0) is 11.3. The molecule has 0 aromatic carbocycles. The fourth-order valence-corrected chi connectivity index (χ4v) is 1.53. The number of nitrogens with zero attached hydrogens (tertiary/aromatic N) is 2. The summed E-state index contributed by atoms with van der Waals surface area (Å²) >= 11 is 6.02. The molecular weight excluding hydrogens is 210 g/mol. The second-order valence-corrected chi connectivity index (χ2v) is 3.67. The first kappa shape index (κ1) is 11.8. The van der Waals surface area contributed by atoms with Gasteiger partial charge in [0.05, 0.1) is 5.56 Å². The summed E-state index contributed by atoms with van der Waals surface area (Å²) in [6.45, 7) is 4.20. The van der Waals surface area contributed by atoms with Crippen LogP contribution in [0.2, 0.25) is 5.02 Å². The molecule has 4 heteroatoms. The lowest BCUT2D eigenvalue weighted by Gasteiger charge is -2.16. The summed E-state index contributed by atoms with van der Waals surface area (Å²) in [6.07, 6.45) is 3.60. The zero-order valence-electron chi connectivity index (χ0n) is 8.92. The molecule has 0 radical (unpaired) electrons. The second kappa shape index (κ2) is 5.57. The van der Waals surface area contributed by atoms with Gasteiger partial charge in [-0.3, -0.25) is 0 Å². The van der Waals surface area contributed by atoms with Crippen molar-refractivity contribution < 1.29 is 0 Å². The summed E-state index contributed by atoms with van der Waals surface area (Å²) in [4.78, 5) is 4.13. The number of nitriles is 1. The quantitative estimate of drug-likeness (QED) is 0.853. The van der Waals surface area contributed by atoms with E-state index in [1.807, 2.05) is 6.07 Å². The smallest absolute Gasteiger partial charge is 0.146 e. The van der Waals surface area contributed by atoms with Gasteiger partial charge < -0.3 is 5.32 Å². The van der Waals surface area contributed by atoms with Crippen LogP contribution in [0.3, 0.4) is 0 Å². The van der Waals surface area contributed by atoms with Crippen LogP contribution in [-0.4, -0.2) is 11.0 Å². The van der Waals surface area contributed by atoms with Gasteiger partial charge in [-0.25, -0.2) is 4.98 Å². The molecule has 0 aliphatic carbocycles. The Morgan fingerprint density at radius 3 is 2.73 bits per heavy atom. The number of aromatic nitrogens is 1. The maximum absolute atomic E-state index is 8.80. The van der Waals surface area contributed by atoms with Crippen LogP contribution in [0.25, 0.3) is 0 Å². The zero-order valence-corrected chi connectivity index (χ0v) is 9.67. The lowest BCUT2D eigenvalue weighted by molar-refractivity contribution is 0.668. The van der Waals surface area contributed by atoms with Gasteiger partial charge >= 0.3 is 0 Å². The summed E-state index contributed by atoms with van der Waals surface area (Å²) in [7, 11) is 0. The molecule has 0 saturated carbocycles. The third kappa shape index (κ3) is 2.84. The van der Waals surface area contributed by atoms with Crippen LogP contribution in [0.5, 0.6) is 0 Å². The van der Waals surface area contributed by atoms with E-state index in [0.717, 1.165) is 12.8 Å². The number of hydrogen-bond acceptors (Lipinski definition) is 3. The highest BCUT2D eigenvalue weighted by molar-refractivity contribution is 6.34. The highest BCUT2D eigenvalue weighted by Crippen LogP contribution is 2.24. The van der Waals surface area contributed by atoms with E-state index in [2.05, 4.69) is 24.1 Å². The Morgan fingerprint density at radius 2 is 2.20 bits per heavy atom. The molecule has 0 unspecified atom stereocenters. The van der Waals surface area contributed by atoms with Crippen molar-refractivity contribution in [3.8, 4) is 6.07 Å². The molecule has 80 valence electrons. The molecule has 0 spiro atoms. The monoisotopic (exact) mass is 223 g/mol. The standard InChI is InChI=1S/C11H14ClN3/c1-3-9(4-2)15-11-10(12)8(7-13)5-6-14-11/h5-6,9H,3-4H2,1-2H3,(H,14,15). The Hall–Kier alpha value is -1.27. The predicted molar refractivity (Wildman–Crippen MR) is 62.0 cm³/mol. The first-order valence-electron chi connectivity index (χ1n) is 5.04. The molecule has 0 aliphatic heterocycles. The van der Waals surface area contributed by atoms with Gasteiger partial charge in [-0.1, -0.05) is 25.4 Å². The lowest BCUT2D eigenvalue weighted by atomic mass is 10.1. The molecule has 0 fully saturated rings. The summed E-state index contributed by atoms with van der Waals surface area (Å²) in [5, 5.41) is 12.4. The molecule has 1 aromatic rings. The van der Waals surface area contributed by atoms with Gasteiger partial charge in [-0.2, -0.15) is 5.26 Å². The molecular formula is C11H14ClN3. The van der Waals surface area contributed by atoms with Crippen LogP contribution in [0, 0.1) is 11.3 Å². The van der Waals surface area contributed by atoms with Crippen molar-refractivity contribution in [2.75, 3.05) is 5.32 Å². The first-order valence-corrected chi connectivity index (χ1v) is 5.41. The van der Waals surface area contributed by atoms with Gasteiger partial charge in [-0.15, -0.1) is 0 Å². The van der Waals surface area contributed by atoms with E-state index < -0.39 is 0 Å². The van der Waals surface area contributed by atoms with Crippen molar-refractivity contribution in [3.05, 3.63) is 22.8 Å². The number of nitrogens with one attached hydrogen (secondary N) is 1. The van der Waals surface area contributed by atoms with Gasteiger partial charge in [0, 0.05) is 12.2 Å². The molecule has 1 aromatic heterocycles. The minimum absolute atomic E-state index is 0.351. The van der Waals surface area contributed by atoms with E-state index in [1.165, 1.54) is 0 Å². The van der Waals surface area contributed by atoms with Crippen molar-refractivity contribution in [3.63, 3.8) is 0 Å². The van der Waals surface area contributed by atoms with Crippen LogP contribution >= 0.6 is 11.6 Å². The number of anilines is 1. The molecule has 15 heavy (non-hydrogen) atoms. The van der Waals surface area contributed by atoms with E-state index in [0.29, 0.717) is 22.4 Å². The molecule has 1 N–H and O–H groups in total. The molecule has 0 atom stereocenters. The van der Waals surface area contributed by atoms with Crippen LogP contribution in [0.4, 0.5) is 5.82 Å². The van der Waals surface area contributed by atoms with Crippen molar-refractivity contribution in [2.24, 2.45) is 0 Å². The third-order valence-electron chi connectivity index (χ3n) is 2.34. The van der Waals surface area contributed by atoms with Crippen LogP contribution < -0.4 is 5.32 Å². The highest BCUT2D eigenvalue weighted by Gasteiger charge is 2.10. The van der Waals surface area contributed by atoms with Crippen molar-refractivity contribution >= 4 is 17.4 Å². The molecule has 0 aliphatic rings. The number of hydrogen-bond donors (Lipinski definition) is 1. The molecule has 0 bridgehead atoms. The van der Waals surface area contributed by atoms with E-state index in [-0.39, 0.29) is 0 Å². The van der Waals surface area contributed by atoms with Crippen LogP contribution in [0.15, 0.2) is 12.3 Å². The minimum Gasteiger partial charge on any atom is -0.366 e. The molecule has 0 amide bonds. The van der Waals surface area contributed by atoms with Crippen molar-refractivity contribution in [2.45, 2.75) is 32.7 Å². The van der Waals surface area contributed by atoms with E-state index in [4.69, 9.17) is 16.9 Å². The summed E-state index contributed by atoms with van der Waals surface area (Å²) in [5.41, 5.74) is 0.458. The van der Waals surface area contributed by atoms with Gasteiger partial charge in [0.25, 0.3) is 0 Å². The van der Waals surface area contributed by atoms with Gasteiger partial charge in [0.2, 0.25) is 0 Å². The fraction of sp³-hybridized carbons (Fsp3) is 0.455. The highest BCUT2D eigenvalue weighted by atomic mass is 35.5. The summed E-state index contributed by atoms with van der Waals surface area (Å²) in [6, 6.07) is 4.00. The van der Waals surface area contributed by atoms with Crippen molar-refractivity contribution in [1.82, 2.24) is 4.98 Å². The third-order valence-corrected chi connectivity index (χ3v) is 2.72. The predicted octanol–water partition coefficient (Wildman–Crippen LogP) is 3.21. The van der Waals surface area contributed by atoms with Crippen LogP contribution in [0.1, 0.15) is 32.3 Å². The second-order valence-electron chi connectivity index (χ2n) is 3.29. The largest absolute Gasteiger partial charge is 0.366 e. The normalized spacial score (nSPS) is 10.1. The topological polar surface area (TPSA) is 48.7 Å². The average Bonchev–Trinajstić information content (AvgIpc) is 2.28. The molecule has 1 rings (SSSR count).